The number of tetrazole rings is 1. The van der Waals surface area contributed by atoms with Crippen molar-refractivity contribution in [2.75, 3.05) is 0 Å². The largest absolute Gasteiger partial charge is 0.489 e. The summed E-state index contributed by atoms with van der Waals surface area (Å²) in [6.07, 6.45) is -0.513. The van der Waals surface area contributed by atoms with Crippen LogP contribution in [0.5, 0.6) is 5.75 Å². The number of halogens is 6. The molecule has 0 aliphatic heterocycles. The normalized spacial score (nSPS) is 12.8. The zero-order valence-electron chi connectivity index (χ0n) is 22.5. The lowest BCUT2D eigenvalue weighted by Crippen LogP contribution is -2.48. The second-order valence-electron chi connectivity index (χ2n) is 9.60. The van der Waals surface area contributed by atoms with Gasteiger partial charge < -0.3 is 9.84 Å². The molecule has 5 aromatic rings. The highest BCUT2D eigenvalue weighted by atomic mass is 19.3. The van der Waals surface area contributed by atoms with Crippen molar-refractivity contribution in [1.29, 1.82) is 0 Å². The fourth-order valence-electron chi connectivity index (χ4n) is 4.24. The number of aliphatic hydroxyl groups is 1. The van der Waals surface area contributed by atoms with E-state index in [4.69, 9.17) is 4.74 Å². The van der Waals surface area contributed by atoms with E-state index in [0.29, 0.717) is 17.4 Å². The Kier molecular flexibility index (Phi) is 8.64. The molecule has 2 heterocycles. The van der Waals surface area contributed by atoms with Gasteiger partial charge in [-0.2, -0.15) is 8.78 Å². The first kappa shape index (κ1) is 30.2. The molecule has 1 atom stereocenters. The molecule has 13 heteroatoms. The number of nitrogens with zero attached hydrogens (tertiary/aromatic N) is 5. The van der Waals surface area contributed by atoms with E-state index in [1.54, 1.807) is 24.3 Å². The maximum absolute atomic E-state index is 15.9. The van der Waals surface area contributed by atoms with Gasteiger partial charge >= 0.3 is 5.92 Å². The van der Waals surface area contributed by atoms with Crippen LogP contribution >= 0.6 is 0 Å². The first-order valence-electron chi connectivity index (χ1n) is 12.9. The molecule has 0 aliphatic carbocycles. The molecule has 44 heavy (non-hydrogen) atoms. The minimum Gasteiger partial charge on any atom is -0.489 e. The summed E-state index contributed by atoms with van der Waals surface area (Å²) in [7, 11) is 0. The number of rotatable bonds is 9. The summed E-state index contributed by atoms with van der Waals surface area (Å²) >= 11 is 0. The maximum Gasteiger partial charge on any atom is 0.323 e. The predicted molar refractivity (Wildman–Crippen MR) is 144 cm³/mol. The minimum absolute atomic E-state index is 0.0957. The van der Waals surface area contributed by atoms with Crippen molar-refractivity contribution in [2.24, 2.45) is 0 Å². The summed E-state index contributed by atoms with van der Waals surface area (Å²) in [6, 6.07) is 16.6. The van der Waals surface area contributed by atoms with Crippen LogP contribution in [0.3, 0.4) is 0 Å². The Bertz CT molecular complexity index is 1770. The predicted octanol–water partition coefficient (Wildman–Crippen LogP) is 5.94. The second kappa shape index (κ2) is 12.6. The van der Waals surface area contributed by atoms with Crippen molar-refractivity contribution in [3.63, 3.8) is 0 Å². The van der Waals surface area contributed by atoms with Gasteiger partial charge in [-0.25, -0.2) is 22.2 Å². The third kappa shape index (κ3) is 6.55. The molecular weight excluding hydrogens is 588 g/mol. The maximum atomic E-state index is 15.9. The Labute approximate surface area is 246 Å². The highest BCUT2D eigenvalue weighted by Gasteiger charge is 2.58. The van der Waals surface area contributed by atoms with Crippen LogP contribution in [0.1, 0.15) is 39.9 Å². The van der Waals surface area contributed by atoms with Crippen LogP contribution in [0.4, 0.5) is 26.3 Å². The van der Waals surface area contributed by atoms with Crippen LogP contribution in [-0.4, -0.2) is 30.3 Å². The van der Waals surface area contributed by atoms with E-state index in [1.807, 2.05) is 0 Å². The monoisotopic (exact) mass is 609 g/mol. The molecule has 1 unspecified atom stereocenters. The number of aromatic nitrogens is 5. The van der Waals surface area contributed by atoms with Crippen molar-refractivity contribution in [3.05, 3.63) is 137 Å². The van der Waals surface area contributed by atoms with Gasteiger partial charge in [0, 0.05) is 34.5 Å². The average molecular weight is 610 g/mol. The van der Waals surface area contributed by atoms with Crippen molar-refractivity contribution >= 4 is 0 Å². The van der Waals surface area contributed by atoms with Crippen molar-refractivity contribution in [2.45, 2.75) is 31.1 Å². The smallest absolute Gasteiger partial charge is 0.323 e. The van der Waals surface area contributed by atoms with E-state index in [-0.39, 0.29) is 17.7 Å². The van der Waals surface area contributed by atoms with Gasteiger partial charge in [0.2, 0.25) is 0 Å². The van der Waals surface area contributed by atoms with Crippen LogP contribution in [0.15, 0.2) is 91.4 Å². The lowest BCUT2D eigenvalue weighted by molar-refractivity contribution is -0.207. The number of pyridine rings is 1. The molecule has 7 nitrogen and oxygen atoms in total. The molecule has 0 saturated heterocycles. The van der Waals surface area contributed by atoms with Crippen molar-refractivity contribution < 1.29 is 36.2 Å². The SMILES string of the molecule is OC(Cn1cnnn1)(c1ccc(F)cc1F)C(F)(F)c1ccc(C#Cc2ccc(COc3ccc(C(F)F)cc3)cc2)cn1. The van der Waals surface area contributed by atoms with Gasteiger partial charge in [0.15, 0.2) is 5.60 Å². The summed E-state index contributed by atoms with van der Waals surface area (Å²) in [5, 5.41) is 21.4. The molecule has 0 aliphatic rings. The first-order chi connectivity index (χ1) is 21.0. The summed E-state index contributed by atoms with van der Waals surface area (Å²) in [5.74, 6) is -0.448. The van der Waals surface area contributed by atoms with Gasteiger partial charge in [0.05, 0.1) is 6.54 Å². The highest BCUT2D eigenvalue weighted by molar-refractivity contribution is 5.43. The Morgan fingerprint density at radius 2 is 1.59 bits per heavy atom. The summed E-state index contributed by atoms with van der Waals surface area (Å²) < 4.78 is 91.7. The quantitative estimate of drug-likeness (QED) is 0.165. The molecule has 0 radical (unpaired) electrons. The van der Waals surface area contributed by atoms with E-state index < -0.39 is 47.4 Å². The van der Waals surface area contributed by atoms with E-state index >= 15 is 8.78 Å². The molecule has 0 fully saturated rings. The Hall–Kier alpha value is -5.22. The van der Waals surface area contributed by atoms with E-state index in [2.05, 4.69) is 32.4 Å². The van der Waals surface area contributed by atoms with E-state index in [1.165, 1.54) is 30.3 Å². The van der Waals surface area contributed by atoms with E-state index in [9.17, 15) is 22.7 Å². The molecule has 1 N–H and O–H groups in total. The fraction of sp³-hybridized carbons (Fsp3) is 0.161. The molecule has 0 spiro atoms. The lowest BCUT2D eigenvalue weighted by Gasteiger charge is -2.35. The van der Waals surface area contributed by atoms with Crippen LogP contribution in [0.25, 0.3) is 0 Å². The number of hydrogen-bond acceptors (Lipinski definition) is 6. The second-order valence-corrected chi connectivity index (χ2v) is 9.60. The number of benzene rings is 3. The summed E-state index contributed by atoms with van der Waals surface area (Å²) in [4.78, 5) is 3.78. The molecule has 5 rings (SSSR count). The third-order valence-electron chi connectivity index (χ3n) is 6.61. The van der Waals surface area contributed by atoms with Gasteiger partial charge in [-0.3, -0.25) is 4.98 Å². The molecule has 0 amide bonds. The highest BCUT2D eigenvalue weighted by Crippen LogP contribution is 2.46. The van der Waals surface area contributed by atoms with Gasteiger partial charge in [-0.1, -0.05) is 24.0 Å². The zero-order chi connectivity index (χ0) is 31.3. The number of alkyl halides is 4. The summed E-state index contributed by atoms with van der Waals surface area (Å²) in [6.45, 7) is -0.770. The molecule has 2 aromatic heterocycles. The lowest BCUT2D eigenvalue weighted by atomic mass is 9.84. The number of ether oxygens (including phenoxy) is 1. The molecule has 224 valence electrons. The topological polar surface area (TPSA) is 86.0 Å². The van der Waals surface area contributed by atoms with Gasteiger partial charge in [-0.05, 0) is 76.7 Å². The van der Waals surface area contributed by atoms with Crippen LogP contribution in [0.2, 0.25) is 0 Å². The number of hydrogen-bond donors (Lipinski definition) is 1. The zero-order valence-corrected chi connectivity index (χ0v) is 22.5. The van der Waals surface area contributed by atoms with Crippen LogP contribution in [-0.2, 0) is 24.7 Å². The average Bonchev–Trinajstić information content (AvgIpc) is 3.52. The van der Waals surface area contributed by atoms with Crippen LogP contribution in [0, 0.1) is 23.5 Å². The van der Waals surface area contributed by atoms with Gasteiger partial charge in [-0.15, -0.1) is 5.10 Å². The Morgan fingerprint density at radius 1 is 0.886 bits per heavy atom. The van der Waals surface area contributed by atoms with Gasteiger partial charge in [0.25, 0.3) is 6.43 Å². The van der Waals surface area contributed by atoms with Crippen molar-refractivity contribution in [1.82, 2.24) is 25.2 Å². The van der Waals surface area contributed by atoms with E-state index in [0.717, 1.165) is 41.0 Å². The van der Waals surface area contributed by atoms with Gasteiger partial charge in [0.1, 0.15) is 36.0 Å². The molecule has 3 aromatic carbocycles. The molecule has 0 saturated carbocycles. The minimum atomic E-state index is -4.19. The third-order valence-corrected chi connectivity index (χ3v) is 6.61. The Morgan fingerprint density at radius 3 is 2.20 bits per heavy atom. The molecular formula is C31H21F6N5O2. The fourth-order valence-corrected chi connectivity index (χ4v) is 4.24. The molecule has 0 bridgehead atoms. The summed E-state index contributed by atoms with van der Waals surface area (Å²) in [5.41, 5.74) is -3.43. The van der Waals surface area contributed by atoms with Crippen molar-refractivity contribution in [3.8, 4) is 17.6 Å². The van der Waals surface area contributed by atoms with Crippen LogP contribution < -0.4 is 4.74 Å². The standard InChI is InChI=1S/C31H21F6N5O2/c32-24-10-13-26(27(33)15-24)30(43,18-42-19-39-40-41-42)31(36,37)28-14-7-21(16-38-28)4-1-20-2-5-22(6-3-20)17-44-25-11-8-23(9-12-25)29(34)35/h2-3,5-16,19,29,43H,17-18H2. The Balaban J connectivity index is 1.30. The first-order valence-corrected chi connectivity index (χ1v) is 12.9.